The van der Waals surface area contributed by atoms with E-state index in [0.29, 0.717) is 6.07 Å². The quantitative estimate of drug-likeness (QED) is 0.630. The fourth-order valence-corrected chi connectivity index (χ4v) is 0.861. The van der Waals surface area contributed by atoms with E-state index in [9.17, 15) is 13.2 Å². The van der Waals surface area contributed by atoms with Crippen LogP contribution in [-0.2, 0) is 0 Å². The zero-order valence-electron chi connectivity index (χ0n) is 6.57. The SMILES string of the molecule is COc1c(C#N)cc(F)c(F)c1F. The Morgan fingerprint density at radius 2 is 1.92 bits per heavy atom. The second-order valence-corrected chi connectivity index (χ2v) is 2.18. The van der Waals surface area contributed by atoms with Crippen LogP contribution in [0.15, 0.2) is 6.07 Å². The number of methoxy groups -OCH3 is 1. The first-order chi connectivity index (χ1) is 6.11. The Kier molecular flexibility index (Phi) is 2.42. The van der Waals surface area contributed by atoms with E-state index in [2.05, 4.69) is 4.74 Å². The monoisotopic (exact) mass is 187 g/mol. The molecule has 0 unspecified atom stereocenters. The standard InChI is InChI=1S/C8H4F3NO/c1-13-8-4(3-12)2-5(9)6(10)7(8)11/h2H,1H3. The molecule has 0 aliphatic heterocycles. The highest BCUT2D eigenvalue weighted by Crippen LogP contribution is 2.26. The number of ether oxygens (including phenoxy) is 1. The summed E-state index contributed by atoms with van der Waals surface area (Å²) >= 11 is 0. The molecule has 13 heavy (non-hydrogen) atoms. The van der Waals surface area contributed by atoms with Crippen molar-refractivity contribution in [3.63, 3.8) is 0 Å². The van der Waals surface area contributed by atoms with Gasteiger partial charge in [-0.15, -0.1) is 0 Å². The zero-order chi connectivity index (χ0) is 10.0. The summed E-state index contributed by atoms with van der Waals surface area (Å²) in [5.74, 6) is -5.12. The minimum absolute atomic E-state index is 0.376. The minimum Gasteiger partial charge on any atom is -0.492 e. The molecule has 0 N–H and O–H groups in total. The molecule has 5 heteroatoms. The number of nitrogens with zero attached hydrogens (tertiary/aromatic N) is 1. The molecule has 1 rings (SSSR count). The van der Waals surface area contributed by atoms with Crippen molar-refractivity contribution in [3.8, 4) is 11.8 Å². The van der Waals surface area contributed by atoms with Crippen LogP contribution >= 0.6 is 0 Å². The van der Waals surface area contributed by atoms with Crippen molar-refractivity contribution < 1.29 is 17.9 Å². The molecule has 1 aromatic carbocycles. The first-order valence-electron chi connectivity index (χ1n) is 3.23. The Balaban J connectivity index is 3.50. The summed E-state index contributed by atoms with van der Waals surface area (Å²) in [4.78, 5) is 0. The second-order valence-electron chi connectivity index (χ2n) is 2.18. The molecule has 0 radical (unpaired) electrons. The summed E-state index contributed by atoms with van der Waals surface area (Å²) in [5.41, 5.74) is -0.376. The molecule has 2 nitrogen and oxygen atoms in total. The van der Waals surface area contributed by atoms with Gasteiger partial charge in [-0.2, -0.15) is 9.65 Å². The first kappa shape index (κ1) is 9.39. The Hall–Kier alpha value is -1.70. The molecule has 0 aliphatic carbocycles. The smallest absolute Gasteiger partial charge is 0.205 e. The molecule has 0 bridgehead atoms. The highest BCUT2D eigenvalue weighted by Gasteiger charge is 2.18. The molecule has 0 aliphatic rings. The number of hydrogen-bond donors (Lipinski definition) is 0. The highest BCUT2D eigenvalue weighted by atomic mass is 19.2. The Bertz CT molecular complexity index is 384. The van der Waals surface area contributed by atoms with Crippen LogP contribution in [0.2, 0.25) is 0 Å². The van der Waals surface area contributed by atoms with Gasteiger partial charge in [0.15, 0.2) is 17.4 Å². The van der Waals surface area contributed by atoms with Crippen molar-refractivity contribution >= 4 is 0 Å². The fourth-order valence-electron chi connectivity index (χ4n) is 0.861. The summed E-state index contributed by atoms with van der Waals surface area (Å²) in [6, 6.07) is 2.06. The normalized spacial score (nSPS) is 9.46. The van der Waals surface area contributed by atoms with Crippen molar-refractivity contribution in [2.75, 3.05) is 7.11 Å². The molecular weight excluding hydrogens is 183 g/mol. The Morgan fingerprint density at radius 1 is 1.31 bits per heavy atom. The maximum Gasteiger partial charge on any atom is 0.205 e. The van der Waals surface area contributed by atoms with E-state index < -0.39 is 23.2 Å². The molecule has 0 saturated heterocycles. The van der Waals surface area contributed by atoms with Crippen LogP contribution in [0.3, 0.4) is 0 Å². The lowest BCUT2D eigenvalue weighted by atomic mass is 10.2. The summed E-state index contributed by atoms with van der Waals surface area (Å²) in [6.45, 7) is 0. The van der Waals surface area contributed by atoms with E-state index in [0.717, 1.165) is 7.11 Å². The average Bonchev–Trinajstić information content (AvgIpc) is 2.13. The minimum atomic E-state index is -1.64. The Morgan fingerprint density at radius 3 is 2.38 bits per heavy atom. The van der Waals surface area contributed by atoms with Gasteiger partial charge in [0.05, 0.1) is 7.11 Å². The van der Waals surface area contributed by atoms with E-state index in [1.54, 1.807) is 0 Å². The van der Waals surface area contributed by atoms with Gasteiger partial charge in [0.2, 0.25) is 5.82 Å². The van der Waals surface area contributed by atoms with Crippen LogP contribution in [0.5, 0.6) is 5.75 Å². The Labute approximate surface area is 72.2 Å². The zero-order valence-corrected chi connectivity index (χ0v) is 6.57. The van der Waals surface area contributed by atoms with Gasteiger partial charge in [-0.1, -0.05) is 0 Å². The number of rotatable bonds is 1. The van der Waals surface area contributed by atoms with Gasteiger partial charge in [-0.05, 0) is 6.07 Å². The van der Waals surface area contributed by atoms with Crippen LogP contribution < -0.4 is 4.74 Å². The van der Waals surface area contributed by atoms with Crippen LogP contribution in [0.1, 0.15) is 5.56 Å². The topological polar surface area (TPSA) is 33.0 Å². The van der Waals surface area contributed by atoms with Crippen molar-refractivity contribution in [1.82, 2.24) is 0 Å². The van der Waals surface area contributed by atoms with E-state index in [1.165, 1.54) is 6.07 Å². The van der Waals surface area contributed by atoms with E-state index in [-0.39, 0.29) is 5.56 Å². The summed E-state index contributed by atoms with van der Waals surface area (Å²) in [5, 5.41) is 8.40. The molecule has 68 valence electrons. The molecule has 0 amide bonds. The van der Waals surface area contributed by atoms with E-state index >= 15 is 0 Å². The molecule has 0 fully saturated rings. The molecule has 0 aromatic heterocycles. The predicted molar refractivity (Wildman–Crippen MR) is 37.6 cm³/mol. The molecule has 0 heterocycles. The largest absolute Gasteiger partial charge is 0.492 e. The van der Waals surface area contributed by atoms with Gasteiger partial charge < -0.3 is 4.74 Å². The van der Waals surface area contributed by atoms with E-state index in [4.69, 9.17) is 5.26 Å². The molecule has 0 spiro atoms. The van der Waals surface area contributed by atoms with Gasteiger partial charge in [-0.3, -0.25) is 0 Å². The maximum atomic E-state index is 12.8. The number of halogens is 3. The van der Waals surface area contributed by atoms with Crippen LogP contribution in [0.4, 0.5) is 13.2 Å². The maximum absolute atomic E-state index is 12.8. The third kappa shape index (κ3) is 1.43. The van der Waals surface area contributed by atoms with Gasteiger partial charge in [0.25, 0.3) is 0 Å². The second kappa shape index (κ2) is 3.35. The number of hydrogen-bond acceptors (Lipinski definition) is 2. The van der Waals surface area contributed by atoms with Crippen molar-refractivity contribution in [3.05, 3.63) is 29.1 Å². The van der Waals surface area contributed by atoms with Gasteiger partial charge >= 0.3 is 0 Å². The van der Waals surface area contributed by atoms with Gasteiger partial charge in [-0.25, -0.2) is 8.78 Å². The van der Waals surface area contributed by atoms with Crippen LogP contribution in [0.25, 0.3) is 0 Å². The van der Waals surface area contributed by atoms with Crippen molar-refractivity contribution in [2.24, 2.45) is 0 Å². The molecule has 0 atom stereocenters. The highest BCUT2D eigenvalue weighted by molar-refractivity contribution is 5.44. The number of nitriles is 1. The molecule has 0 saturated carbocycles. The lowest BCUT2D eigenvalue weighted by molar-refractivity contribution is 0.359. The number of benzene rings is 1. The van der Waals surface area contributed by atoms with Crippen LogP contribution in [0, 0.1) is 28.8 Å². The average molecular weight is 187 g/mol. The van der Waals surface area contributed by atoms with Crippen LogP contribution in [-0.4, -0.2) is 7.11 Å². The lowest BCUT2D eigenvalue weighted by Crippen LogP contribution is -1.98. The summed E-state index contributed by atoms with van der Waals surface area (Å²) in [6.07, 6.45) is 0. The molecule has 1 aromatic rings. The summed E-state index contributed by atoms with van der Waals surface area (Å²) in [7, 11) is 1.07. The van der Waals surface area contributed by atoms with Crippen molar-refractivity contribution in [1.29, 1.82) is 5.26 Å². The van der Waals surface area contributed by atoms with Gasteiger partial charge in [0.1, 0.15) is 11.6 Å². The lowest BCUT2D eigenvalue weighted by Gasteiger charge is -2.04. The van der Waals surface area contributed by atoms with Gasteiger partial charge in [0, 0.05) is 0 Å². The summed E-state index contributed by atoms with van der Waals surface area (Å²) < 4.78 is 42.3. The third-order valence-electron chi connectivity index (χ3n) is 1.44. The molecular formula is C8H4F3NO. The van der Waals surface area contributed by atoms with E-state index in [1.807, 2.05) is 0 Å². The predicted octanol–water partition coefficient (Wildman–Crippen LogP) is 1.98. The fraction of sp³-hybridized carbons (Fsp3) is 0.125. The third-order valence-corrected chi connectivity index (χ3v) is 1.44. The first-order valence-corrected chi connectivity index (χ1v) is 3.23. The van der Waals surface area contributed by atoms with Crippen molar-refractivity contribution in [2.45, 2.75) is 0 Å².